The Morgan fingerprint density at radius 1 is 1.29 bits per heavy atom. The van der Waals surface area contributed by atoms with Gasteiger partial charge in [0.15, 0.2) is 6.10 Å². The summed E-state index contributed by atoms with van der Waals surface area (Å²) in [5, 5.41) is 16.5. The van der Waals surface area contributed by atoms with E-state index in [2.05, 4.69) is 9.68 Å². The first-order valence-corrected chi connectivity index (χ1v) is 8.78. The van der Waals surface area contributed by atoms with E-state index >= 15 is 0 Å². The Morgan fingerprint density at radius 2 is 1.94 bits per heavy atom. The zero-order chi connectivity index (χ0) is 23.3. The molecule has 0 amide bonds. The van der Waals surface area contributed by atoms with E-state index in [1.165, 1.54) is 6.07 Å². The molecule has 1 heterocycles. The highest BCUT2D eigenvalue weighted by Crippen LogP contribution is 2.40. The maximum absolute atomic E-state index is 13.6. The van der Waals surface area contributed by atoms with Crippen molar-refractivity contribution in [2.45, 2.75) is 38.7 Å². The molecule has 0 aromatic heterocycles. The van der Waals surface area contributed by atoms with Crippen LogP contribution in [0.25, 0.3) is 6.08 Å². The van der Waals surface area contributed by atoms with Crippen LogP contribution in [0.1, 0.15) is 23.6 Å². The lowest BCUT2D eigenvalue weighted by molar-refractivity contribution is -0.976. The van der Waals surface area contributed by atoms with E-state index < -0.39 is 53.3 Å². The highest BCUT2D eigenvalue weighted by atomic mass is 19.4. The minimum Gasteiger partial charge on any atom is -0.475 e. The smallest absolute Gasteiger partial charge is 0.475 e. The summed E-state index contributed by atoms with van der Waals surface area (Å²) in [6.45, 7) is 1.55. The number of fused-ring (bicyclic) bond motifs is 1. The molecule has 1 aliphatic rings. The average molecular weight is 451 g/mol. The second-order valence-electron chi connectivity index (χ2n) is 6.42. The molecule has 2 rings (SSSR count). The predicted octanol–water partition coefficient (Wildman–Crippen LogP) is 2.48. The third kappa shape index (κ3) is 6.20. The molecule has 0 bridgehead atoms. The molecule has 0 radical (unpaired) electrons. The van der Waals surface area contributed by atoms with Crippen LogP contribution in [0.5, 0.6) is 5.75 Å². The first-order valence-electron chi connectivity index (χ1n) is 8.78. The van der Waals surface area contributed by atoms with Gasteiger partial charge in [-0.05, 0) is 36.6 Å². The third-order valence-electron chi connectivity index (χ3n) is 4.09. The van der Waals surface area contributed by atoms with Crippen molar-refractivity contribution in [3.05, 3.63) is 49.4 Å². The van der Waals surface area contributed by atoms with Crippen molar-refractivity contribution in [1.29, 1.82) is 0 Å². The number of carbonyl (C=O) groups is 1. The Kier molecular flexibility index (Phi) is 7.25. The normalized spacial score (nSPS) is 16.3. The number of hydrogen-bond donors (Lipinski definition) is 1. The van der Waals surface area contributed by atoms with Crippen LogP contribution < -0.4 is 4.74 Å². The lowest BCUT2D eigenvalue weighted by Crippen LogP contribution is -2.42. The molecule has 0 saturated carbocycles. The molecular weight excluding hydrogens is 433 g/mol. The van der Waals surface area contributed by atoms with E-state index in [1.54, 1.807) is 19.9 Å². The Bertz CT molecular complexity index is 884. The Hall–Kier alpha value is -3.58. The molecule has 14 heteroatoms. The monoisotopic (exact) mass is 451 g/mol. The summed E-state index contributed by atoms with van der Waals surface area (Å²) in [7, 11) is 0. The Balaban J connectivity index is 2.38. The fourth-order valence-corrected chi connectivity index (χ4v) is 2.85. The number of esters is 1. The minimum atomic E-state index is -4.99. The summed E-state index contributed by atoms with van der Waals surface area (Å²) < 4.78 is 50.8. The first kappa shape index (κ1) is 23.7. The number of hydrogen-bond acceptors (Lipinski definition) is 8. The van der Waals surface area contributed by atoms with E-state index in [1.807, 2.05) is 0 Å². The largest absolute Gasteiger partial charge is 0.475 e. The third-order valence-corrected chi connectivity index (χ3v) is 4.09. The number of halogens is 3. The average Bonchev–Trinajstić information content (AvgIpc) is 2.67. The molecule has 1 aromatic carbocycles. The fourth-order valence-electron chi connectivity index (χ4n) is 2.85. The quantitative estimate of drug-likeness (QED) is 0.341. The number of aryl methyl sites for hydroxylation is 2. The van der Waals surface area contributed by atoms with Crippen LogP contribution in [0.15, 0.2) is 17.7 Å². The number of rotatable bonds is 9. The summed E-state index contributed by atoms with van der Waals surface area (Å²) in [5.41, 5.74) is 0.538. The number of carbonyl (C=O) groups excluding carboxylic acids is 1. The van der Waals surface area contributed by atoms with Crippen LogP contribution in [0.2, 0.25) is 0 Å². The zero-order valence-corrected chi connectivity index (χ0v) is 16.2. The molecule has 0 aliphatic carbocycles. The molecule has 0 fully saturated rings. The van der Waals surface area contributed by atoms with Crippen LogP contribution in [0.3, 0.4) is 0 Å². The van der Waals surface area contributed by atoms with Crippen molar-refractivity contribution in [3.8, 4) is 5.75 Å². The summed E-state index contributed by atoms with van der Waals surface area (Å²) in [5.74, 6) is -1.55. The second-order valence-corrected chi connectivity index (χ2v) is 6.42. The topological polar surface area (TPSA) is 137 Å². The second kappa shape index (κ2) is 9.49. The maximum Gasteiger partial charge on any atom is 0.475 e. The van der Waals surface area contributed by atoms with Crippen LogP contribution >= 0.6 is 0 Å². The minimum absolute atomic E-state index is 0.0224. The van der Waals surface area contributed by atoms with E-state index in [4.69, 9.17) is 14.7 Å². The highest BCUT2D eigenvalue weighted by Gasteiger charge is 2.49. The van der Waals surface area contributed by atoms with E-state index in [0.717, 1.165) is 11.6 Å². The van der Waals surface area contributed by atoms with Gasteiger partial charge in [0.1, 0.15) is 17.3 Å². The van der Waals surface area contributed by atoms with Gasteiger partial charge in [-0.3, -0.25) is 0 Å². The van der Waals surface area contributed by atoms with Crippen LogP contribution in [-0.4, -0.2) is 52.9 Å². The van der Waals surface area contributed by atoms with Crippen molar-refractivity contribution in [3.63, 3.8) is 0 Å². The fraction of sp³-hybridized carbons (Fsp3) is 0.471. The SMILES string of the molecule is CCc1cc(C)cc2c1O[C@H](C(F)(F)F)C(C(=O)OC(CO[N+](=O)[O-])CO[N+](=O)O)=C2. The van der Waals surface area contributed by atoms with Gasteiger partial charge in [0.2, 0.25) is 12.7 Å². The van der Waals surface area contributed by atoms with Crippen LogP contribution in [-0.2, 0) is 25.6 Å². The van der Waals surface area contributed by atoms with Crippen molar-refractivity contribution in [2.75, 3.05) is 13.2 Å². The molecule has 1 aromatic rings. The maximum atomic E-state index is 13.6. The van der Waals surface area contributed by atoms with Gasteiger partial charge in [-0.25, -0.2) is 10.0 Å². The van der Waals surface area contributed by atoms with Gasteiger partial charge in [0, 0.05) is 5.56 Å². The van der Waals surface area contributed by atoms with Crippen molar-refractivity contribution >= 4 is 12.0 Å². The van der Waals surface area contributed by atoms with E-state index in [0.29, 0.717) is 12.0 Å². The molecule has 11 nitrogen and oxygen atoms in total. The summed E-state index contributed by atoms with van der Waals surface area (Å²) in [6.07, 6.45) is -8.00. The predicted molar refractivity (Wildman–Crippen MR) is 93.2 cm³/mol. The molecule has 1 unspecified atom stereocenters. The van der Waals surface area contributed by atoms with Gasteiger partial charge < -0.3 is 14.3 Å². The molecule has 1 N–H and O–H groups in total. The highest BCUT2D eigenvalue weighted by molar-refractivity contribution is 5.96. The van der Waals surface area contributed by atoms with E-state index in [-0.39, 0.29) is 11.3 Å². The van der Waals surface area contributed by atoms with Gasteiger partial charge in [0.05, 0.1) is 5.57 Å². The molecule has 2 atom stereocenters. The number of ether oxygens (including phenoxy) is 2. The number of benzene rings is 1. The molecular formula is C17H18F3N2O9+. The lowest BCUT2D eigenvalue weighted by atomic mass is 9.96. The van der Waals surface area contributed by atoms with Gasteiger partial charge in [-0.1, -0.05) is 13.0 Å². The van der Waals surface area contributed by atoms with Crippen molar-refractivity contribution < 1.29 is 52.5 Å². The van der Waals surface area contributed by atoms with Crippen molar-refractivity contribution in [2.24, 2.45) is 0 Å². The van der Waals surface area contributed by atoms with Crippen LogP contribution in [0, 0.1) is 21.9 Å². The van der Waals surface area contributed by atoms with Gasteiger partial charge in [0.25, 0.3) is 5.09 Å². The Labute approximate surface area is 172 Å². The standard InChI is InChI=1S/C17H18F3N2O9/c1-3-10-4-9(2)5-11-6-13(15(17(18,19)20)31-14(10)11)16(23)30-12(7-28-21(24)25)8-29-22(26)27/h4-6,12,15H,3,7-8H2,1-2H3,(H,24,25)/q+1/t12?,15-/m0/s1. The van der Waals surface area contributed by atoms with Gasteiger partial charge >= 0.3 is 17.2 Å². The molecule has 0 spiro atoms. The van der Waals surface area contributed by atoms with Gasteiger partial charge in [-0.2, -0.15) is 18.0 Å². The summed E-state index contributed by atoms with van der Waals surface area (Å²) >= 11 is 0. The summed E-state index contributed by atoms with van der Waals surface area (Å²) in [4.78, 5) is 41.4. The zero-order valence-electron chi connectivity index (χ0n) is 16.2. The Morgan fingerprint density at radius 3 is 2.48 bits per heavy atom. The summed E-state index contributed by atoms with van der Waals surface area (Å²) in [6, 6.07) is 3.18. The molecule has 170 valence electrons. The van der Waals surface area contributed by atoms with Crippen LogP contribution in [0.4, 0.5) is 13.2 Å². The number of nitrogens with zero attached hydrogens (tertiary/aromatic N) is 2. The van der Waals surface area contributed by atoms with E-state index in [9.17, 15) is 33.0 Å². The number of alkyl halides is 3. The molecule has 31 heavy (non-hydrogen) atoms. The van der Waals surface area contributed by atoms with Gasteiger partial charge in [-0.15, -0.1) is 10.1 Å². The first-order chi connectivity index (χ1) is 14.4. The van der Waals surface area contributed by atoms with Crippen molar-refractivity contribution in [1.82, 2.24) is 0 Å². The lowest BCUT2D eigenvalue weighted by Gasteiger charge is -2.30. The molecule has 0 saturated heterocycles. The molecule has 1 aliphatic heterocycles.